The molecule has 0 bridgehead atoms. The summed E-state index contributed by atoms with van der Waals surface area (Å²) < 4.78 is 12.0. The number of esters is 1. The van der Waals surface area contributed by atoms with Crippen molar-refractivity contribution >= 4 is 5.97 Å². The lowest BCUT2D eigenvalue weighted by atomic mass is 10.1. The fourth-order valence-corrected chi connectivity index (χ4v) is 2.14. The molecule has 0 spiro atoms. The first-order valence-electron chi connectivity index (χ1n) is 6.30. The molecule has 0 aliphatic heterocycles. The van der Waals surface area contributed by atoms with Gasteiger partial charge in [0.2, 0.25) is 0 Å². The Morgan fingerprint density at radius 1 is 1.30 bits per heavy atom. The highest BCUT2D eigenvalue weighted by molar-refractivity contribution is 5.87. The van der Waals surface area contributed by atoms with E-state index < -0.39 is 5.97 Å². The number of carbonyl (C=O) groups is 1. The lowest BCUT2D eigenvalue weighted by molar-refractivity contribution is 0.0588. The Bertz CT molecular complexity index is 632. The third-order valence-corrected chi connectivity index (χ3v) is 3.21. The number of hydrogen-bond donors (Lipinski definition) is 0. The highest BCUT2D eigenvalue weighted by Gasteiger charge is 2.16. The number of ether oxygens (including phenoxy) is 2. The van der Waals surface area contributed by atoms with Crippen LogP contribution in [0.4, 0.5) is 0 Å². The van der Waals surface area contributed by atoms with Crippen LogP contribution in [-0.4, -0.2) is 29.7 Å². The Morgan fingerprint density at radius 2 is 2.05 bits per heavy atom. The number of hydrogen-bond acceptors (Lipinski definition) is 4. The number of methoxy groups -OCH3 is 2. The summed E-state index contributed by atoms with van der Waals surface area (Å²) in [4.78, 5) is 15.9. The Labute approximate surface area is 118 Å². The van der Waals surface area contributed by atoms with Crippen molar-refractivity contribution in [2.24, 2.45) is 0 Å². The average molecular weight is 274 g/mol. The van der Waals surface area contributed by atoms with Crippen LogP contribution in [0.2, 0.25) is 0 Å². The van der Waals surface area contributed by atoms with Gasteiger partial charge in [0, 0.05) is 5.56 Å². The van der Waals surface area contributed by atoms with E-state index in [1.807, 2.05) is 36.6 Å². The molecule has 1 heterocycles. The number of imidazole rings is 1. The Hall–Kier alpha value is -2.30. The lowest BCUT2D eigenvalue weighted by Crippen LogP contribution is -2.13. The molecule has 106 valence electrons. The highest BCUT2D eigenvalue weighted by atomic mass is 16.5. The molecule has 1 aromatic heterocycles. The smallest absolute Gasteiger partial charge is 0.356 e. The van der Waals surface area contributed by atoms with Gasteiger partial charge in [-0.05, 0) is 19.9 Å². The maximum absolute atomic E-state index is 11.7. The fraction of sp³-hybridized carbons (Fsp3) is 0.333. The SMILES string of the molecule is COC(=O)c1cnc(C)n1Cc1cc(C)ccc1OC. The number of aromatic nitrogens is 2. The number of aryl methyl sites for hydroxylation is 2. The summed E-state index contributed by atoms with van der Waals surface area (Å²) in [6.07, 6.45) is 1.53. The third-order valence-electron chi connectivity index (χ3n) is 3.21. The first kappa shape index (κ1) is 14.1. The first-order valence-corrected chi connectivity index (χ1v) is 6.30. The second-order valence-electron chi connectivity index (χ2n) is 4.58. The van der Waals surface area contributed by atoms with Crippen LogP contribution in [0, 0.1) is 13.8 Å². The minimum Gasteiger partial charge on any atom is -0.496 e. The molecule has 0 N–H and O–H groups in total. The van der Waals surface area contributed by atoms with Gasteiger partial charge in [-0.2, -0.15) is 0 Å². The zero-order valence-electron chi connectivity index (χ0n) is 12.1. The molecule has 0 aliphatic carbocycles. The van der Waals surface area contributed by atoms with E-state index in [0.29, 0.717) is 12.2 Å². The standard InChI is InChI=1S/C15H18N2O3/c1-10-5-6-14(19-3)12(7-10)9-17-11(2)16-8-13(17)15(18)20-4/h5-8H,9H2,1-4H3. The van der Waals surface area contributed by atoms with Crippen LogP contribution >= 0.6 is 0 Å². The Balaban J connectivity index is 2.42. The topological polar surface area (TPSA) is 53.3 Å². The van der Waals surface area contributed by atoms with Gasteiger partial charge in [-0.15, -0.1) is 0 Å². The lowest BCUT2D eigenvalue weighted by Gasteiger charge is -2.13. The van der Waals surface area contributed by atoms with Crippen molar-refractivity contribution in [2.45, 2.75) is 20.4 Å². The summed E-state index contributed by atoms with van der Waals surface area (Å²) in [5, 5.41) is 0. The molecular formula is C15H18N2O3. The van der Waals surface area contributed by atoms with E-state index in [-0.39, 0.29) is 0 Å². The molecule has 0 radical (unpaired) electrons. The van der Waals surface area contributed by atoms with Crippen molar-refractivity contribution in [3.05, 3.63) is 47.0 Å². The van der Waals surface area contributed by atoms with E-state index >= 15 is 0 Å². The zero-order valence-corrected chi connectivity index (χ0v) is 12.1. The quantitative estimate of drug-likeness (QED) is 0.803. The van der Waals surface area contributed by atoms with E-state index in [1.54, 1.807) is 7.11 Å². The van der Waals surface area contributed by atoms with Gasteiger partial charge in [0.05, 0.1) is 27.0 Å². The van der Waals surface area contributed by atoms with E-state index in [9.17, 15) is 4.79 Å². The molecule has 0 unspecified atom stereocenters. The summed E-state index contributed by atoms with van der Waals surface area (Å²) in [5.41, 5.74) is 2.57. The van der Waals surface area contributed by atoms with E-state index in [0.717, 1.165) is 22.7 Å². The molecule has 5 heteroatoms. The van der Waals surface area contributed by atoms with Crippen LogP contribution in [0.5, 0.6) is 5.75 Å². The Kier molecular flexibility index (Phi) is 4.08. The molecule has 5 nitrogen and oxygen atoms in total. The van der Waals surface area contributed by atoms with Crippen LogP contribution in [0.3, 0.4) is 0 Å². The molecule has 0 saturated carbocycles. The second-order valence-corrected chi connectivity index (χ2v) is 4.58. The zero-order chi connectivity index (χ0) is 14.7. The van der Waals surface area contributed by atoms with Gasteiger partial charge in [-0.3, -0.25) is 0 Å². The molecule has 0 saturated heterocycles. The maximum Gasteiger partial charge on any atom is 0.356 e. The summed E-state index contributed by atoms with van der Waals surface area (Å²) in [6, 6.07) is 5.96. The summed E-state index contributed by atoms with van der Waals surface area (Å²) in [5.74, 6) is 1.16. The van der Waals surface area contributed by atoms with Crippen molar-refractivity contribution in [1.82, 2.24) is 9.55 Å². The van der Waals surface area contributed by atoms with Gasteiger partial charge in [-0.25, -0.2) is 9.78 Å². The van der Waals surface area contributed by atoms with E-state index in [1.165, 1.54) is 13.3 Å². The number of carbonyl (C=O) groups excluding carboxylic acids is 1. The number of benzene rings is 1. The first-order chi connectivity index (χ1) is 9.56. The molecule has 0 fully saturated rings. The van der Waals surface area contributed by atoms with Crippen LogP contribution in [-0.2, 0) is 11.3 Å². The summed E-state index contributed by atoms with van der Waals surface area (Å²) in [6.45, 7) is 4.39. The molecular weight excluding hydrogens is 256 g/mol. The Morgan fingerprint density at radius 3 is 2.70 bits per heavy atom. The molecule has 20 heavy (non-hydrogen) atoms. The molecule has 0 atom stereocenters. The molecule has 2 aromatic rings. The normalized spacial score (nSPS) is 10.4. The predicted molar refractivity (Wildman–Crippen MR) is 75.1 cm³/mol. The van der Waals surface area contributed by atoms with Crippen molar-refractivity contribution in [1.29, 1.82) is 0 Å². The minimum atomic E-state index is -0.391. The predicted octanol–water partition coefficient (Wildman–Crippen LogP) is 2.34. The number of nitrogens with zero attached hydrogens (tertiary/aromatic N) is 2. The van der Waals surface area contributed by atoms with Crippen LogP contribution in [0.25, 0.3) is 0 Å². The molecule has 0 aliphatic rings. The second kappa shape index (κ2) is 5.77. The average Bonchev–Trinajstić information content (AvgIpc) is 2.80. The van der Waals surface area contributed by atoms with Crippen LogP contribution in [0.15, 0.2) is 24.4 Å². The third kappa shape index (κ3) is 2.66. The van der Waals surface area contributed by atoms with Crippen molar-refractivity contribution in [3.63, 3.8) is 0 Å². The van der Waals surface area contributed by atoms with Crippen LogP contribution in [0.1, 0.15) is 27.4 Å². The fourth-order valence-electron chi connectivity index (χ4n) is 2.14. The van der Waals surface area contributed by atoms with Crippen molar-refractivity contribution < 1.29 is 14.3 Å². The molecule has 0 amide bonds. The summed E-state index contributed by atoms with van der Waals surface area (Å²) in [7, 11) is 3.00. The van der Waals surface area contributed by atoms with Crippen molar-refractivity contribution in [2.75, 3.05) is 14.2 Å². The molecule has 2 rings (SSSR count). The number of rotatable bonds is 4. The molecule has 1 aromatic carbocycles. The van der Waals surface area contributed by atoms with Gasteiger partial charge in [-0.1, -0.05) is 17.7 Å². The maximum atomic E-state index is 11.7. The van der Waals surface area contributed by atoms with E-state index in [4.69, 9.17) is 9.47 Å². The highest BCUT2D eigenvalue weighted by Crippen LogP contribution is 2.22. The van der Waals surface area contributed by atoms with Gasteiger partial charge in [0.15, 0.2) is 0 Å². The summed E-state index contributed by atoms with van der Waals surface area (Å²) >= 11 is 0. The van der Waals surface area contributed by atoms with E-state index in [2.05, 4.69) is 4.98 Å². The van der Waals surface area contributed by atoms with Gasteiger partial charge >= 0.3 is 5.97 Å². The van der Waals surface area contributed by atoms with Crippen LogP contribution < -0.4 is 4.74 Å². The minimum absolute atomic E-state index is 0.391. The monoisotopic (exact) mass is 274 g/mol. The van der Waals surface area contributed by atoms with Gasteiger partial charge in [0.25, 0.3) is 0 Å². The van der Waals surface area contributed by atoms with Gasteiger partial charge in [0.1, 0.15) is 17.3 Å². The largest absolute Gasteiger partial charge is 0.496 e. The van der Waals surface area contributed by atoms with Gasteiger partial charge < -0.3 is 14.0 Å². The van der Waals surface area contributed by atoms with Crippen molar-refractivity contribution in [3.8, 4) is 5.75 Å².